The molecule has 0 unspecified atom stereocenters. The minimum atomic E-state index is -0.891. The Hall–Kier alpha value is -4.31. The van der Waals surface area contributed by atoms with Gasteiger partial charge in [-0.1, -0.05) is 18.2 Å². The summed E-state index contributed by atoms with van der Waals surface area (Å²) in [6.07, 6.45) is 1.68. The number of carbonyl (C=O) groups excluding carboxylic acids is 3. The van der Waals surface area contributed by atoms with Gasteiger partial charge in [0.2, 0.25) is 5.95 Å². The SMILES string of the molecule is CC1(C)C(=O)NC(=O)N1CCNc1nccc(-c2cc3cc(NC(=O)c4ccccc4)ccc3s2)n1. The van der Waals surface area contributed by atoms with Gasteiger partial charge in [0.05, 0.1) is 10.6 Å². The summed E-state index contributed by atoms with van der Waals surface area (Å²) >= 11 is 1.60. The van der Waals surface area contributed by atoms with Crippen LogP contribution in [0.15, 0.2) is 66.9 Å². The van der Waals surface area contributed by atoms with Crippen molar-refractivity contribution in [2.24, 2.45) is 0 Å². The van der Waals surface area contributed by atoms with Gasteiger partial charge < -0.3 is 15.5 Å². The summed E-state index contributed by atoms with van der Waals surface area (Å²) in [6, 6.07) is 18.4. The van der Waals surface area contributed by atoms with Crippen LogP contribution in [-0.4, -0.2) is 51.3 Å². The third-order valence-corrected chi connectivity index (χ3v) is 7.17. The Morgan fingerprint density at radius 2 is 1.89 bits per heavy atom. The molecule has 0 radical (unpaired) electrons. The molecule has 0 aliphatic carbocycles. The second-order valence-electron chi connectivity index (χ2n) is 8.85. The number of benzene rings is 2. The van der Waals surface area contributed by atoms with Gasteiger partial charge in [0.1, 0.15) is 5.54 Å². The minimum Gasteiger partial charge on any atom is -0.352 e. The minimum absolute atomic E-state index is 0.156. The molecule has 2 aromatic heterocycles. The monoisotopic (exact) mass is 500 g/mol. The van der Waals surface area contributed by atoms with E-state index < -0.39 is 11.6 Å². The number of fused-ring (bicyclic) bond motifs is 1. The van der Waals surface area contributed by atoms with Crippen molar-refractivity contribution in [3.05, 3.63) is 72.4 Å². The number of rotatable bonds is 7. The quantitative estimate of drug-likeness (QED) is 0.325. The van der Waals surface area contributed by atoms with Crippen LogP contribution in [-0.2, 0) is 4.79 Å². The molecule has 0 bridgehead atoms. The van der Waals surface area contributed by atoms with Crippen LogP contribution in [0.1, 0.15) is 24.2 Å². The molecule has 36 heavy (non-hydrogen) atoms. The molecule has 182 valence electrons. The van der Waals surface area contributed by atoms with Gasteiger partial charge in [0, 0.05) is 35.2 Å². The van der Waals surface area contributed by atoms with E-state index in [9.17, 15) is 14.4 Å². The first kappa shape index (κ1) is 23.4. The van der Waals surface area contributed by atoms with Crippen molar-refractivity contribution in [3.63, 3.8) is 0 Å². The highest BCUT2D eigenvalue weighted by atomic mass is 32.1. The molecule has 2 aromatic carbocycles. The number of thiophene rings is 1. The smallest absolute Gasteiger partial charge is 0.325 e. The topological polar surface area (TPSA) is 116 Å². The first-order valence-corrected chi connectivity index (χ1v) is 12.2. The van der Waals surface area contributed by atoms with Gasteiger partial charge >= 0.3 is 6.03 Å². The van der Waals surface area contributed by atoms with E-state index >= 15 is 0 Å². The summed E-state index contributed by atoms with van der Waals surface area (Å²) in [5, 5.41) is 9.42. The molecule has 5 rings (SSSR count). The maximum absolute atomic E-state index is 12.5. The zero-order valence-corrected chi connectivity index (χ0v) is 20.6. The van der Waals surface area contributed by atoms with Gasteiger partial charge in [-0.15, -0.1) is 11.3 Å². The van der Waals surface area contributed by atoms with Crippen molar-refractivity contribution >= 4 is 50.9 Å². The zero-order chi connectivity index (χ0) is 25.3. The molecular weight excluding hydrogens is 476 g/mol. The van der Waals surface area contributed by atoms with Crippen LogP contribution in [0.2, 0.25) is 0 Å². The number of nitrogens with one attached hydrogen (secondary N) is 3. The lowest BCUT2D eigenvalue weighted by molar-refractivity contribution is -0.125. The van der Waals surface area contributed by atoms with Crippen LogP contribution in [0.4, 0.5) is 16.4 Å². The molecule has 4 amide bonds. The number of urea groups is 1. The van der Waals surface area contributed by atoms with E-state index in [2.05, 4.69) is 25.9 Å². The number of hydrogen-bond acceptors (Lipinski definition) is 7. The molecule has 1 aliphatic rings. The number of carbonyl (C=O) groups is 3. The molecule has 10 heteroatoms. The Morgan fingerprint density at radius 3 is 2.64 bits per heavy atom. The van der Waals surface area contributed by atoms with Crippen LogP contribution < -0.4 is 16.0 Å². The summed E-state index contributed by atoms with van der Waals surface area (Å²) in [7, 11) is 0. The first-order chi connectivity index (χ1) is 17.3. The van der Waals surface area contributed by atoms with E-state index in [1.807, 2.05) is 48.5 Å². The first-order valence-electron chi connectivity index (χ1n) is 11.4. The predicted octanol–water partition coefficient (Wildman–Crippen LogP) is 4.35. The number of hydrogen-bond donors (Lipinski definition) is 3. The van der Waals surface area contributed by atoms with Gasteiger partial charge in [-0.25, -0.2) is 14.8 Å². The molecule has 0 atom stereocenters. The van der Waals surface area contributed by atoms with E-state index in [4.69, 9.17) is 0 Å². The number of nitrogens with zero attached hydrogens (tertiary/aromatic N) is 3. The summed E-state index contributed by atoms with van der Waals surface area (Å²) in [6.45, 7) is 4.15. The number of anilines is 2. The Balaban J connectivity index is 1.27. The predicted molar refractivity (Wildman–Crippen MR) is 140 cm³/mol. The fraction of sp³-hybridized carbons (Fsp3) is 0.192. The lowest BCUT2D eigenvalue weighted by Gasteiger charge is -2.27. The normalized spacial score (nSPS) is 14.7. The van der Waals surface area contributed by atoms with Gasteiger partial charge in [-0.2, -0.15) is 0 Å². The maximum atomic E-state index is 12.5. The van der Waals surface area contributed by atoms with E-state index in [0.717, 1.165) is 26.3 Å². The molecule has 9 nitrogen and oxygen atoms in total. The fourth-order valence-electron chi connectivity index (χ4n) is 3.98. The van der Waals surface area contributed by atoms with Crippen molar-refractivity contribution in [1.82, 2.24) is 20.2 Å². The zero-order valence-electron chi connectivity index (χ0n) is 19.7. The standard InChI is InChI=1S/C26H24N6O3S/c1-26(2)23(34)31-25(35)32(26)13-12-28-24-27-11-10-19(30-24)21-15-17-14-18(8-9-20(17)36-21)29-22(33)16-6-4-3-5-7-16/h3-11,14-15H,12-13H2,1-2H3,(H,29,33)(H,27,28,30)(H,31,34,35). The second-order valence-corrected chi connectivity index (χ2v) is 9.93. The average Bonchev–Trinajstić information content (AvgIpc) is 3.38. The lowest BCUT2D eigenvalue weighted by atomic mass is 10.0. The highest BCUT2D eigenvalue weighted by Gasteiger charge is 2.45. The van der Waals surface area contributed by atoms with Crippen molar-refractivity contribution in [1.29, 1.82) is 0 Å². The fourth-order valence-corrected chi connectivity index (χ4v) is 4.99. The Bertz CT molecular complexity index is 1470. The third kappa shape index (κ3) is 4.63. The average molecular weight is 501 g/mol. The van der Waals surface area contributed by atoms with Crippen LogP contribution in [0.3, 0.4) is 0 Å². The Kier molecular flexibility index (Phi) is 6.11. The lowest BCUT2D eigenvalue weighted by Crippen LogP contribution is -2.46. The van der Waals surface area contributed by atoms with Gasteiger partial charge in [0.25, 0.3) is 11.8 Å². The summed E-state index contributed by atoms with van der Waals surface area (Å²) < 4.78 is 1.07. The summed E-state index contributed by atoms with van der Waals surface area (Å²) in [5.41, 5.74) is 1.19. The third-order valence-electron chi connectivity index (χ3n) is 6.03. The Morgan fingerprint density at radius 1 is 1.08 bits per heavy atom. The number of aromatic nitrogens is 2. The molecule has 3 heterocycles. The van der Waals surface area contributed by atoms with Crippen molar-refractivity contribution < 1.29 is 14.4 Å². The molecule has 0 saturated carbocycles. The second kappa shape index (κ2) is 9.38. The molecule has 4 aromatic rings. The molecule has 1 fully saturated rings. The van der Waals surface area contributed by atoms with Crippen molar-refractivity contribution in [3.8, 4) is 10.6 Å². The molecular formula is C26H24N6O3S. The number of imide groups is 1. The van der Waals surface area contributed by atoms with Crippen LogP contribution in [0.5, 0.6) is 0 Å². The molecule has 0 spiro atoms. The van der Waals surface area contributed by atoms with E-state index in [-0.39, 0.29) is 11.8 Å². The van der Waals surface area contributed by atoms with Crippen molar-refractivity contribution in [2.75, 3.05) is 23.7 Å². The van der Waals surface area contributed by atoms with Crippen LogP contribution in [0, 0.1) is 0 Å². The summed E-state index contributed by atoms with van der Waals surface area (Å²) in [4.78, 5) is 47.8. The van der Waals surface area contributed by atoms with Gasteiger partial charge in [0.15, 0.2) is 0 Å². The van der Waals surface area contributed by atoms with Gasteiger partial charge in [-0.3, -0.25) is 14.9 Å². The van der Waals surface area contributed by atoms with Crippen LogP contribution >= 0.6 is 11.3 Å². The number of amides is 4. The maximum Gasteiger partial charge on any atom is 0.325 e. The van der Waals surface area contributed by atoms with E-state index in [1.54, 1.807) is 43.5 Å². The summed E-state index contributed by atoms with van der Waals surface area (Å²) in [5.74, 6) is -0.0288. The van der Waals surface area contributed by atoms with E-state index in [1.165, 1.54) is 4.90 Å². The molecule has 1 saturated heterocycles. The van der Waals surface area contributed by atoms with Crippen LogP contribution in [0.25, 0.3) is 20.7 Å². The largest absolute Gasteiger partial charge is 0.352 e. The Labute approximate surface area is 211 Å². The molecule has 3 N–H and O–H groups in total. The molecule has 1 aliphatic heterocycles. The van der Waals surface area contributed by atoms with E-state index in [0.29, 0.717) is 24.6 Å². The highest BCUT2D eigenvalue weighted by molar-refractivity contribution is 7.22. The highest BCUT2D eigenvalue weighted by Crippen LogP contribution is 2.34. The van der Waals surface area contributed by atoms with Crippen molar-refractivity contribution in [2.45, 2.75) is 19.4 Å². The van der Waals surface area contributed by atoms with Gasteiger partial charge in [-0.05, 0) is 61.7 Å².